The van der Waals surface area contributed by atoms with E-state index in [-0.39, 0.29) is 41.8 Å². The maximum atomic E-state index is 12.9. The third kappa shape index (κ3) is 5.84. The Balaban J connectivity index is 1.34. The average molecular weight is 511 g/mol. The summed E-state index contributed by atoms with van der Waals surface area (Å²) in [4.78, 5) is 30.1. The number of carbonyl (C=O) groups excluding carboxylic acids is 2. The molecule has 4 N–H and O–H groups in total. The molecule has 1 saturated carbocycles. The van der Waals surface area contributed by atoms with Gasteiger partial charge in [-0.25, -0.2) is 0 Å². The van der Waals surface area contributed by atoms with Gasteiger partial charge in [-0.05, 0) is 48.8 Å². The summed E-state index contributed by atoms with van der Waals surface area (Å²) in [6.45, 7) is 3.14. The molecule has 35 heavy (non-hydrogen) atoms. The van der Waals surface area contributed by atoms with Gasteiger partial charge in [0.25, 0.3) is 5.91 Å². The zero-order valence-electron chi connectivity index (χ0n) is 19.2. The summed E-state index contributed by atoms with van der Waals surface area (Å²) in [5.74, 6) is -0.489. The van der Waals surface area contributed by atoms with Gasteiger partial charge in [0.1, 0.15) is 0 Å². The van der Waals surface area contributed by atoms with E-state index in [2.05, 4.69) is 27.9 Å². The monoisotopic (exact) mass is 510 g/mol. The van der Waals surface area contributed by atoms with Crippen molar-refractivity contribution in [3.63, 3.8) is 0 Å². The number of nitrogens with zero attached hydrogens (tertiary/aromatic N) is 1. The van der Waals surface area contributed by atoms with Crippen LogP contribution in [0.3, 0.4) is 0 Å². The van der Waals surface area contributed by atoms with Gasteiger partial charge in [0, 0.05) is 41.7 Å². The molecule has 2 aliphatic rings. The molecular weight excluding hydrogens is 481 g/mol. The number of carbonyl (C=O) groups is 2. The third-order valence-corrected chi connectivity index (χ3v) is 8.13. The number of thiazole rings is 1. The van der Waals surface area contributed by atoms with Gasteiger partial charge in [0.15, 0.2) is 0 Å². The fourth-order valence-electron chi connectivity index (χ4n) is 5.53. The van der Waals surface area contributed by atoms with Crippen LogP contribution in [0.2, 0.25) is 0 Å². The zero-order valence-corrected chi connectivity index (χ0v) is 20.0. The highest BCUT2D eigenvalue weighted by atomic mass is 32.1. The second-order valence-corrected chi connectivity index (χ2v) is 10.3. The number of hydrogen-bond acceptors (Lipinski definition) is 6. The molecule has 2 heterocycles. The molecule has 0 spiro atoms. The molecule has 7 nitrogen and oxygen atoms in total. The van der Waals surface area contributed by atoms with Crippen LogP contribution in [0.5, 0.6) is 0 Å². The highest BCUT2D eigenvalue weighted by molar-refractivity contribution is 7.09. The van der Waals surface area contributed by atoms with Gasteiger partial charge in [-0.15, -0.1) is 11.3 Å². The molecule has 1 aromatic heterocycles. The number of rotatable bonds is 6. The van der Waals surface area contributed by atoms with Crippen molar-refractivity contribution < 1.29 is 27.9 Å². The van der Waals surface area contributed by atoms with E-state index in [1.807, 2.05) is 6.20 Å². The summed E-state index contributed by atoms with van der Waals surface area (Å²) in [6, 6.07) is 3.95. The number of alkyl halides is 3. The minimum atomic E-state index is -4.55. The Morgan fingerprint density at radius 2 is 2.03 bits per heavy atom. The zero-order chi connectivity index (χ0) is 25.2. The molecule has 2 fully saturated rings. The van der Waals surface area contributed by atoms with E-state index in [4.69, 9.17) is 0 Å². The Bertz CT molecular complexity index is 1030. The second kappa shape index (κ2) is 10.6. The van der Waals surface area contributed by atoms with Crippen LogP contribution >= 0.6 is 11.3 Å². The van der Waals surface area contributed by atoms with Crippen molar-refractivity contribution in [2.75, 3.05) is 19.6 Å². The number of halogens is 3. The molecule has 11 heteroatoms. The van der Waals surface area contributed by atoms with Crippen molar-refractivity contribution >= 4 is 23.2 Å². The Kier molecular flexibility index (Phi) is 7.77. The van der Waals surface area contributed by atoms with Gasteiger partial charge in [-0.2, -0.15) is 13.2 Å². The third-order valence-electron chi connectivity index (χ3n) is 7.25. The number of amides is 2. The number of nitrogens with one attached hydrogen (secondary N) is 3. The molecule has 0 bridgehead atoms. The first kappa shape index (κ1) is 25.6. The molecule has 1 aliphatic carbocycles. The lowest BCUT2D eigenvalue weighted by atomic mass is 9.65. The summed E-state index contributed by atoms with van der Waals surface area (Å²) in [7, 11) is 0. The fourth-order valence-corrected chi connectivity index (χ4v) is 6.42. The van der Waals surface area contributed by atoms with Crippen LogP contribution < -0.4 is 16.0 Å². The SMILES string of the molecule is CC1C(C2CNC[C@@H]2NC(=O)CNC(=O)c2cccc(C(F)(F)F)c2)CCC(O)C1c1cncs1. The number of aliphatic hydroxyl groups excluding tert-OH is 1. The summed E-state index contributed by atoms with van der Waals surface area (Å²) < 4.78 is 38.7. The van der Waals surface area contributed by atoms with E-state index in [0.29, 0.717) is 13.0 Å². The number of aliphatic hydroxyl groups is 1. The largest absolute Gasteiger partial charge is 0.416 e. The van der Waals surface area contributed by atoms with Crippen molar-refractivity contribution in [1.82, 2.24) is 20.9 Å². The Labute approximate surface area is 205 Å². The molecule has 2 amide bonds. The summed E-state index contributed by atoms with van der Waals surface area (Å²) >= 11 is 1.54. The minimum Gasteiger partial charge on any atom is -0.392 e. The van der Waals surface area contributed by atoms with Crippen molar-refractivity contribution in [2.24, 2.45) is 17.8 Å². The smallest absolute Gasteiger partial charge is 0.392 e. The number of aromatic nitrogens is 1. The van der Waals surface area contributed by atoms with E-state index in [9.17, 15) is 27.9 Å². The molecule has 190 valence electrons. The first-order valence-electron chi connectivity index (χ1n) is 11.7. The van der Waals surface area contributed by atoms with Crippen LogP contribution in [0.1, 0.15) is 46.5 Å². The molecule has 1 aromatic carbocycles. The fraction of sp³-hybridized carbons (Fsp3) is 0.542. The van der Waals surface area contributed by atoms with E-state index in [1.54, 1.807) is 16.8 Å². The van der Waals surface area contributed by atoms with Crippen molar-refractivity contribution in [3.05, 3.63) is 52.0 Å². The molecular formula is C24H29F3N4O3S. The Morgan fingerprint density at radius 1 is 1.23 bits per heavy atom. The van der Waals surface area contributed by atoms with Gasteiger partial charge in [0.2, 0.25) is 5.91 Å². The standard InChI is InChI=1S/C24H29F3N4O3S/c1-13-16(5-6-19(32)22(13)20-10-29-12-35-20)17-8-28-9-18(17)31-21(33)11-30-23(34)14-3-2-4-15(7-14)24(25,26)27/h2-4,7,10,12-13,16-19,22,28,32H,5-6,8-9,11H2,1H3,(H,30,34)(H,31,33)/t13?,16?,17?,18-,19?,22?/m0/s1. The summed E-state index contributed by atoms with van der Waals surface area (Å²) in [6.07, 6.45) is -1.62. The minimum absolute atomic E-state index is 0.00458. The molecule has 2 aromatic rings. The molecule has 4 rings (SSSR count). The van der Waals surface area contributed by atoms with Gasteiger partial charge in [-0.1, -0.05) is 13.0 Å². The van der Waals surface area contributed by atoms with Crippen LogP contribution in [0.4, 0.5) is 13.2 Å². The van der Waals surface area contributed by atoms with E-state index < -0.39 is 29.7 Å². The summed E-state index contributed by atoms with van der Waals surface area (Å²) in [5.41, 5.74) is 0.696. The predicted molar refractivity (Wildman–Crippen MR) is 125 cm³/mol. The van der Waals surface area contributed by atoms with Gasteiger partial charge >= 0.3 is 6.18 Å². The first-order valence-corrected chi connectivity index (χ1v) is 12.5. The van der Waals surface area contributed by atoms with Crippen LogP contribution in [0.15, 0.2) is 36.0 Å². The predicted octanol–water partition coefficient (Wildman–Crippen LogP) is 2.79. The molecule has 5 unspecified atom stereocenters. The van der Waals surface area contributed by atoms with Gasteiger partial charge in [0.05, 0.1) is 23.7 Å². The van der Waals surface area contributed by atoms with E-state index in [1.165, 1.54) is 6.07 Å². The number of hydrogen-bond donors (Lipinski definition) is 4. The summed E-state index contributed by atoms with van der Waals surface area (Å²) in [5, 5.41) is 19.4. The number of benzene rings is 1. The topological polar surface area (TPSA) is 103 Å². The average Bonchev–Trinajstić information content (AvgIpc) is 3.50. The van der Waals surface area contributed by atoms with Crippen LogP contribution in [-0.2, 0) is 11.0 Å². The van der Waals surface area contributed by atoms with E-state index in [0.717, 1.165) is 36.0 Å². The quantitative estimate of drug-likeness (QED) is 0.479. The van der Waals surface area contributed by atoms with Gasteiger partial charge < -0.3 is 21.1 Å². The maximum Gasteiger partial charge on any atom is 0.416 e. The Morgan fingerprint density at radius 3 is 2.74 bits per heavy atom. The van der Waals surface area contributed by atoms with E-state index >= 15 is 0 Å². The molecule has 1 aliphatic heterocycles. The molecule has 6 atom stereocenters. The van der Waals surface area contributed by atoms with Crippen LogP contribution in [0.25, 0.3) is 0 Å². The highest BCUT2D eigenvalue weighted by Crippen LogP contribution is 2.46. The molecule has 0 radical (unpaired) electrons. The van der Waals surface area contributed by atoms with Crippen molar-refractivity contribution in [2.45, 2.75) is 44.0 Å². The van der Waals surface area contributed by atoms with Crippen LogP contribution in [-0.4, -0.2) is 53.7 Å². The normalized spacial score (nSPS) is 29.1. The Hall–Kier alpha value is -2.50. The lowest BCUT2D eigenvalue weighted by Crippen LogP contribution is -2.49. The van der Waals surface area contributed by atoms with Gasteiger partial charge in [-0.3, -0.25) is 14.6 Å². The first-order chi connectivity index (χ1) is 16.6. The highest BCUT2D eigenvalue weighted by Gasteiger charge is 2.44. The lowest BCUT2D eigenvalue weighted by Gasteiger charge is -2.43. The molecule has 1 saturated heterocycles. The van der Waals surface area contributed by atoms with Crippen LogP contribution in [0, 0.1) is 17.8 Å². The lowest BCUT2D eigenvalue weighted by molar-refractivity contribution is -0.137. The maximum absolute atomic E-state index is 12.9. The van der Waals surface area contributed by atoms with Crippen molar-refractivity contribution in [3.8, 4) is 0 Å². The van der Waals surface area contributed by atoms with Crippen molar-refractivity contribution in [1.29, 1.82) is 0 Å². The second-order valence-electron chi connectivity index (χ2n) is 9.35.